The zero-order valence-corrected chi connectivity index (χ0v) is 22.0. The average Bonchev–Trinajstić information content (AvgIpc) is 3.36. The molecule has 0 radical (unpaired) electrons. The molecule has 8 heteroatoms. The van der Waals surface area contributed by atoms with Gasteiger partial charge in [-0.2, -0.15) is 0 Å². The lowest BCUT2D eigenvalue weighted by molar-refractivity contribution is 0.304. The van der Waals surface area contributed by atoms with E-state index in [0.29, 0.717) is 35.1 Å². The van der Waals surface area contributed by atoms with Crippen LogP contribution in [0.15, 0.2) is 57.7 Å². The highest BCUT2D eigenvalue weighted by Crippen LogP contribution is 2.39. The molecule has 0 unspecified atom stereocenters. The lowest BCUT2D eigenvalue weighted by atomic mass is 10.1. The van der Waals surface area contributed by atoms with Gasteiger partial charge in [-0.3, -0.25) is 4.79 Å². The van der Waals surface area contributed by atoms with E-state index < -0.39 is 11.2 Å². The molecule has 4 rings (SSSR count). The van der Waals surface area contributed by atoms with Crippen molar-refractivity contribution >= 4 is 0 Å². The minimum atomic E-state index is -0.555. The van der Waals surface area contributed by atoms with Crippen LogP contribution in [0, 0.1) is 6.92 Å². The number of nitrogens with one attached hydrogen (secondary N) is 1. The number of phenolic OH excluding ortho intramolecular Hbond substituents is 1. The fraction of sp³-hybridized carbons (Fsp3) is 0.333. The second-order valence-corrected chi connectivity index (χ2v) is 9.24. The second kappa shape index (κ2) is 12.4. The third-order valence-corrected chi connectivity index (χ3v) is 6.32. The first-order valence-corrected chi connectivity index (χ1v) is 13.0. The van der Waals surface area contributed by atoms with Gasteiger partial charge in [-0.15, -0.1) is 0 Å². The molecular formula is C30H34N2O6. The quantitative estimate of drug-likeness (QED) is 0.176. The number of imidazole rings is 1. The minimum Gasteiger partial charge on any atom is -0.504 e. The first kappa shape index (κ1) is 26.9. The third-order valence-electron chi connectivity index (χ3n) is 6.32. The monoisotopic (exact) mass is 518 g/mol. The summed E-state index contributed by atoms with van der Waals surface area (Å²) in [5, 5.41) is 20.6. The lowest BCUT2D eigenvalue weighted by Crippen LogP contribution is -2.01. The van der Waals surface area contributed by atoms with Gasteiger partial charge in [0.2, 0.25) is 11.2 Å². The Morgan fingerprint density at radius 3 is 2.39 bits per heavy atom. The van der Waals surface area contributed by atoms with Crippen molar-refractivity contribution in [2.45, 2.75) is 52.4 Å². The van der Waals surface area contributed by atoms with Gasteiger partial charge >= 0.3 is 0 Å². The van der Waals surface area contributed by atoms with Crippen LogP contribution in [-0.2, 0) is 0 Å². The largest absolute Gasteiger partial charge is 0.504 e. The van der Waals surface area contributed by atoms with E-state index in [1.165, 1.54) is 51.3 Å². The Hall–Kier alpha value is -4.20. The molecule has 4 aromatic rings. The van der Waals surface area contributed by atoms with Gasteiger partial charge in [0.25, 0.3) is 0 Å². The number of aryl methyl sites for hydroxylation is 1. The molecule has 0 saturated heterocycles. The van der Waals surface area contributed by atoms with Crippen molar-refractivity contribution in [1.29, 1.82) is 0 Å². The van der Waals surface area contributed by atoms with Crippen LogP contribution in [0.25, 0.3) is 34.1 Å². The number of unbranched alkanes of at least 4 members (excludes halogenated alkanes) is 5. The van der Waals surface area contributed by atoms with Gasteiger partial charge in [0.05, 0.1) is 13.7 Å². The van der Waals surface area contributed by atoms with Gasteiger partial charge in [0.1, 0.15) is 28.7 Å². The van der Waals surface area contributed by atoms with Gasteiger partial charge in [0.15, 0.2) is 17.3 Å². The van der Waals surface area contributed by atoms with Crippen molar-refractivity contribution in [3.05, 3.63) is 64.5 Å². The molecule has 0 aliphatic carbocycles. The number of methoxy groups -OCH3 is 1. The van der Waals surface area contributed by atoms with Gasteiger partial charge in [-0.05, 0) is 55.8 Å². The molecule has 2 heterocycles. The van der Waals surface area contributed by atoms with Crippen molar-refractivity contribution in [3.63, 3.8) is 0 Å². The van der Waals surface area contributed by atoms with E-state index in [9.17, 15) is 15.0 Å². The zero-order chi connectivity index (χ0) is 27.1. The smallest absolute Gasteiger partial charge is 0.227 e. The van der Waals surface area contributed by atoms with Crippen LogP contribution in [0.2, 0.25) is 0 Å². The molecule has 2 aromatic heterocycles. The number of phenols is 1. The first-order valence-electron chi connectivity index (χ1n) is 13.0. The number of aromatic amines is 1. The molecule has 0 fully saturated rings. The van der Waals surface area contributed by atoms with E-state index in [2.05, 4.69) is 11.9 Å². The number of aromatic hydroxyl groups is 2. The van der Waals surface area contributed by atoms with Crippen LogP contribution < -0.4 is 14.9 Å². The van der Waals surface area contributed by atoms with Crippen molar-refractivity contribution < 1.29 is 24.1 Å². The van der Waals surface area contributed by atoms with E-state index in [1.807, 2.05) is 24.3 Å². The van der Waals surface area contributed by atoms with Crippen LogP contribution in [-0.4, -0.2) is 33.9 Å². The summed E-state index contributed by atoms with van der Waals surface area (Å²) in [6.07, 6.45) is 7.24. The average molecular weight is 519 g/mol. The minimum absolute atomic E-state index is 0.0185. The molecule has 0 aliphatic heterocycles. The van der Waals surface area contributed by atoms with Crippen LogP contribution in [0.4, 0.5) is 0 Å². The van der Waals surface area contributed by atoms with Gasteiger partial charge in [-0.25, -0.2) is 4.98 Å². The number of benzene rings is 2. The standard InChI is InChI=1S/C30H34N2O6/c1-4-5-6-7-8-9-16-37-22-13-10-20(11-14-22)30-31-26(21-12-15-23(33)25(18-21)36-3)27(32-30)29-28(35)24(34)17-19(2)38-29/h10-15,17-18,33,35H,4-9,16H2,1-3H3,(H,31,32). The Morgan fingerprint density at radius 2 is 1.66 bits per heavy atom. The molecule has 2 aromatic carbocycles. The van der Waals surface area contributed by atoms with E-state index in [1.54, 1.807) is 19.1 Å². The number of nitrogens with zero attached hydrogens (tertiary/aromatic N) is 1. The SMILES string of the molecule is CCCCCCCCOc1ccc(-c2nc(-c3ccc(O)c(OC)c3)c(-c3oc(C)cc(=O)c3O)[nH]2)cc1. The van der Waals surface area contributed by atoms with Crippen LogP contribution >= 0.6 is 0 Å². The third kappa shape index (κ3) is 6.19. The molecule has 0 bridgehead atoms. The molecule has 0 saturated carbocycles. The van der Waals surface area contributed by atoms with E-state index in [-0.39, 0.29) is 17.3 Å². The Labute approximate surface area is 221 Å². The van der Waals surface area contributed by atoms with Crippen molar-refractivity contribution in [1.82, 2.24) is 9.97 Å². The molecule has 200 valence electrons. The second-order valence-electron chi connectivity index (χ2n) is 9.24. The maximum Gasteiger partial charge on any atom is 0.227 e. The molecular weight excluding hydrogens is 484 g/mol. The number of aromatic nitrogens is 2. The predicted molar refractivity (Wildman–Crippen MR) is 147 cm³/mol. The van der Waals surface area contributed by atoms with Crippen LogP contribution in [0.1, 0.15) is 51.2 Å². The Balaban J connectivity index is 1.63. The maximum atomic E-state index is 12.3. The normalized spacial score (nSPS) is 11.0. The van der Waals surface area contributed by atoms with Gasteiger partial charge in [-0.1, -0.05) is 39.0 Å². The maximum absolute atomic E-state index is 12.3. The summed E-state index contributed by atoms with van der Waals surface area (Å²) in [5.74, 6) is 1.34. The van der Waals surface area contributed by atoms with Crippen molar-refractivity contribution in [3.8, 4) is 57.1 Å². The van der Waals surface area contributed by atoms with Crippen LogP contribution in [0.5, 0.6) is 23.0 Å². The van der Waals surface area contributed by atoms with Crippen molar-refractivity contribution in [2.75, 3.05) is 13.7 Å². The predicted octanol–water partition coefficient (Wildman–Crippen LogP) is 6.83. The fourth-order valence-electron chi connectivity index (χ4n) is 4.26. The summed E-state index contributed by atoms with van der Waals surface area (Å²) in [6.45, 7) is 4.52. The topological polar surface area (TPSA) is 118 Å². The highest BCUT2D eigenvalue weighted by atomic mass is 16.5. The molecule has 0 spiro atoms. The zero-order valence-electron chi connectivity index (χ0n) is 22.0. The van der Waals surface area contributed by atoms with E-state index in [4.69, 9.17) is 18.9 Å². The molecule has 8 nitrogen and oxygen atoms in total. The molecule has 0 atom stereocenters. The highest BCUT2D eigenvalue weighted by molar-refractivity contribution is 5.82. The molecule has 0 amide bonds. The van der Waals surface area contributed by atoms with E-state index in [0.717, 1.165) is 17.7 Å². The van der Waals surface area contributed by atoms with Gasteiger partial charge < -0.3 is 29.1 Å². The Kier molecular flexibility index (Phi) is 8.73. The Bertz CT molecular complexity index is 1420. The van der Waals surface area contributed by atoms with Crippen molar-refractivity contribution in [2.24, 2.45) is 0 Å². The summed E-state index contributed by atoms with van der Waals surface area (Å²) in [5.41, 5.74) is 1.57. The number of ether oxygens (including phenoxy) is 2. The summed E-state index contributed by atoms with van der Waals surface area (Å²) in [4.78, 5) is 20.3. The molecule has 3 N–H and O–H groups in total. The summed E-state index contributed by atoms with van der Waals surface area (Å²) < 4.78 is 16.9. The van der Waals surface area contributed by atoms with Gasteiger partial charge in [0, 0.05) is 17.2 Å². The fourth-order valence-corrected chi connectivity index (χ4v) is 4.26. The summed E-state index contributed by atoms with van der Waals surface area (Å²) in [7, 11) is 1.46. The molecule has 38 heavy (non-hydrogen) atoms. The first-order chi connectivity index (χ1) is 18.4. The number of H-pyrrole nitrogens is 1. The highest BCUT2D eigenvalue weighted by Gasteiger charge is 2.22. The number of hydrogen-bond acceptors (Lipinski definition) is 7. The number of hydrogen-bond donors (Lipinski definition) is 3. The summed E-state index contributed by atoms with van der Waals surface area (Å²) >= 11 is 0. The Morgan fingerprint density at radius 1 is 0.947 bits per heavy atom. The van der Waals surface area contributed by atoms with Crippen LogP contribution in [0.3, 0.4) is 0 Å². The van der Waals surface area contributed by atoms with E-state index >= 15 is 0 Å². The lowest BCUT2D eigenvalue weighted by Gasteiger charge is -2.08. The summed E-state index contributed by atoms with van der Waals surface area (Å²) in [6, 6.07) is 13.6. The molecule has 0 aliphatic rings. The number of rotatable bonds is 12.